The Morgan fingerprint density at radius 2 is 1.96 bits per heavy atom. The number of fused-ring (bicyclic) bond motifs is 3. The Labute approximate surface area is 171 Å². The largest absolute Gasteiger partial charge is 0.486 e. The molecule has 1 amide bonds. The molecule has 4 nitrogen and oxygen atoms in total. The van der Waals surface area contributed by atoms with Crippen molar-refractivity contribution in [3.05, 3.63) is 63.6 Å². The first kappa shape index (κ1) is 17.2. The van der Waals surface area contributed by atoms with Crippen LogP contribution in [0.3, 0.4) is 0 Å². The van der Waals surface area contributed by atoms with Gasteiger partial charge in [0.25, 0.3) is 5.91 Å². The number of nitrogens with one attached hydrogen (secondary N) is 2. The van der Waals surface area contributed by atoms with Crippen LogP contribution in [0.5, 0.6) is 5.75 Å². The number of rotatable bonds is 0. The molecule has 1 aliphatic carbocycles. The number of hydrogen-bond donors (Lipinski definition) is 2. The van der Waals surface area contributed by atoms with E-state index in [4.69, 9.17) is 17.0 Å². The Morgan fingerprint density at radius 1 is 1.15 bits per heavy atom. The maximum Gasteiger partial charge on any atom is 0.256 e. The van der Waals surface area contributed by atoms with Gasteiger partial charge < -0.3 is 15.4 Å². The number of benzene rings is 2. The highest BCUT2D eigenvalue weighted by atomic mass is 79.9. The molecule has 0 aromatic heterocycles. The second-order valence-corrected chi connectivity index (χ2v) is 9.04. The molecule has 1 saturated heterocycles. The van der Waals surface area contributed by atoms with Crippen LogP contribution in [0, 0.1) is 0 Å². The zero-order valence-electron chi connectivity index (χ0n) is 14.7. The fraction of sp³-hybridized carbons (Fsp3) is 0.333. The Bertz CT molecular complexity index is 978. The van der Waals surface area contributed by atoms with Crippen LogP contribution in [-0.2, 0) is 23.2 Å². The van der Waals surface area contributed by atoms with E-state index in [9.17, 15) is 4.79 Å². The lowest BCUT2D eigenvalue weighted by molar-refractivity contribution is -0.128. The molecule has 2 aromatic rings. The number of aryl methyl sites for hydroxylation is 1. The summed E-state index contributed by atoms with van der Waals surface area (Å²) in [6.07, 6.45) is 4.33. The number of halogens is 1. The van der Waals surface area contributed by atoms with Gasteiger partial charge in [0, 0.05) is 22.9 Å². The third-order valence-electron chi connectivity index (χ3n) is 5.97. The summed E-state index contributed by atoms with van der Waals surface area (Å²) >= 11 is 8.82. The number of hydrogen-bond acceptors (Lipinski definition) is 3. The number of ether oxygens (including phenoxy) is 1. The van der Waals surface area contributed by atoms with Crippen LogP contribution < -0.4 is 15.4 Å². The van der Waals surface area contributed by atoms with Gasteiger partial charge in [0.05, 0.1) is 0 Å². The van der Waals surface area contributed by atoms with E-state index in [1.165, 1.54) is 11.1 Å². The van der Waals surface area contributed by atoms with Crippen molar-refractivity contribution in [3.63, 3.8) is 0 Å². The van der Waals surface area contributed by atoms with Gasteiger partial charge in [-0.2, -0.15) is 0 Å². The molecule has 2 N–H and O–H groups in total. The lowest BCUT2D eigenvalue weighted by Crippen LogP contribution is -2.56. The Hall–Kier alpha value is -1.92. The Kier molecular flexibility index (Phi) is 3.85. The highest BCUT2D eigenvalue weighted by Crippen LogP contribution is 2.49. The van der Waals surface area contributed by atoms with Gasteiger partial charge in [-0.05, 0) is 60.8 Å². The van der Waals surface area contributed by atoms with Crippen LogP contribution in [0.2, 0.25) is 0 Å². The highest BCUT2D eigenvalue weighted by Gasteiger charge is 2.57. The van der Waals surface area contributed by atoms with E-state index in [0.29, 0.717) is 11.5 Å². The first-order chi connectivity index (χ1) is 13.0. The fourth-order valence-electron chi connectivity index (χ4n) is 4.83. The van der Waals surface area contributed by atoms with Crippen LogP contribution in [0.25, 0.3) is 0 Å². The van der Waals surface area contributed by atoms with Crippen molar-refractivity contribution in [2.75, 3.05) is 0 Å². The van der Waals surface area contributed by atoms with Crippen molar-refractivity contribution in [2.24, 2.45) is 0 Å². The van der Waals surface area contributed by atoms with Gasteiger partial charge in [0.15, 0.2) is 10.7 Å². The number of carbonyl (C=O) groups is 1. The quantitative estimate of drug-likeness (QED) is 0.610. The smallest absolute Gasteiger partial charge is 0.256 e. The SMILES string of the molecule is O=C1NC(=S)NC12CC1(CCCc3ccccc3C1)Oc1ccc(Br)cc12. The van der Waals surface area contributed by atoms with Crippen LogP contribution in [-0.4, -0.2) is 16.6 Å². The molecule has 2 atom stereocenters. The normalized spacial score (nSPS) is 28.8. The van der Waals surface area contributed by atoms with E-state index in [0.717, 1.165) is 41.5 Å². The molecule has 1 fully saturated rings. The van der Waals surface area contributed by atoms with Crippen molar-refractivity contribution < 1.29 is 9.53 Å². The van der Waals surface area contributed by atoms with Crippen molar-refractivity contribution >= 4 is 39.2 Å². The molecule has 0 saturated carbocycles. The second kappa shape index (κ2) is 6.04. The molecule has 3 aliphatic rings. The molecular formula is C21H19BrN2O2S. The van der Waals surface area contributed by atoms with Gasteiger partial charge in [-0.3, -0.25) is 4.79 Å². The number of carbonyl (C=O) groups excluding carboxylic acids is 1. The molecule has 2 unspecified atom stereocenters. The van der Waals surface area contributed by atoms with E-state index in [1.807, 2.05) is 18.2 Å². The molecule has 2 heterocycles. The van der Waals surface area contributed by atoms with Gasteiger partial charge in [-0.15, -0.1) is 0 Å². The Balaban J connectivity index is 1.66. The standard InChI is InChI=1S/C21H19BrN2O2S/c22-15-7-8-17-16(10-15)21(18(25)23-19(27)24-21)12-20(26-17)9-3-6-13-4-1-2-5-14(13)11-20/h1-2,4-5,7-8,10H,3,6,9,11-12H2,(H2,23,24,25,27). The predicted octanol–water partition coefficient (Wildman–Crippen LogP) is 3.75. The van der Waals surface area contributed by atoms with E-state index in [-0.39, 0.29) is 5.91 Å². The lowest BCUT2D eigenvalue weighted by atomic mass is 9.73. The van der Waals surface area contributed by atoms with Gasteiger partial charge in [-0.1, -0.05) is 40.2 Å². The maximum absolute atomic E-state index is 13.1. The summed E-state index contributed by atoms with van der Waals surface area (Å²) in [6.45, 7) is 0. The first-order valence-corrected chi connectivity index (χ1v) is 10.4. The van der Waals surface area contributed by atoms with Gasteiger partial charge >= 0.3 is 0 Å². The van der Waals surface area contributed by atoms with E-state index >= 15 is 0 Å². The van der Waals surface area contributed by atoms with E-state index in [1.54, 1.807) is 0 Å². The topological polar surface area (TPSA) is 50.4 Å². The lowest BCUT2D eigenvalue weighted by Gasteiger charge is -2.46. The summed E-state index contributed by atoms with van der Waals surface area (Å²) < 4.78 is 7.55. The summed E-state index contributed by atoms with van der Waals surface area (Å²) in [7, 11) is 0. The Morgan fingerprint density at radius 3 is 2.74 bits per heavy atom. The summed E-state index contributed by atoms with van der Waals surface area (Å²) in [5.74, 6) is 0.670. The van der Waals surface area contributed by atoms with Crippen molar-refractivity contribution in [2.45, 2.75) is 43.2 Å². The van der Waals surface area contributed by atoms with E-state index < -0.39 is 11.1 Å². The van der Waals surface area contributed by atoms with Crippen LogP contribution in [0.15, 0.2) is 46.9 Å². The van der Waals surface area contributed by atoms with Crippen LogP contribution in [0.1, 0.15) is 36.0 Å². The minimum atomic E-state index is -0.881. The first-order valence-electron chi connectivity index (χ1n) is 9.19. The van der Waals surface area contributed by atoms with Crippen molar-refractivity contribution in [1.82, 2.24) is 10.6 Å². The van der Waals surface area contributed by atoms with Crippen molar-refractivity contribution in [1.29, 1.82) is 0 Å². The monoisotopic (exact) mass is 442 g/mol. The maximum atomic E-state index is 13.1. The molecular weight excluding hydrogens is 424 g/mol. The number of thiocarbonyl (C=S) groups is 1. The summed E-state index contributed by atoms with van der Waals surface area (Å²) in [5, 5.41) is 6.48. The zero-order chi connectivity index (χ0) is 18.6. The second-order valence-electron chi connectivity index (χ2n) is 7.71. The van der Waals surface area contributed by atoms with Crippen LogP contribution >= 0.6 is 28.1 Å². The van der Waals surface area contributed by atoms with Gasteiger partial charge in [-0.25, -0.2) is 0 Å². The van der Waals surface area contributed by atoms with Gasteiger partial charge in [0.2, 0.25) is 0 Å². The summed E-state index contributed by atoms with van der Waals surface area (Å²) in [4.78, 5) is 13.1. The molecule has 2 spiro atoms. The summed E-state index contributed by atoms with van der Waals surface area (Å²) in [6, 6.07) is 14.4. The van der Waals surface area contributed by atoms with Gasteiger partial charge in [0.1, 0.15) is 11.4 Å². The third kappa shape index (κ3) is 2.69. The van der Waals surface area contributed by atoms with E-state index in [2.05, 4.69) is 50.8 Å². The third-order valence-corrected chi connectivity index (χ3v) is 6.66. The predicted molar refractivity (Wildman–Crippen MR) is 111 cm³/mol. The molecule has 27 heavy (non-hydrogen) atoms. The average Bonchev–Trinajstić information content (AvgIpc) is 2.80. The fourth-order valence-corrected chi connectivity index (χ4v) is 5.45. The number of amides is 1. The molecule has 5 rings (SSSR count). The molecule has 0 bridgehead atoms. The average molecular weight is 443 g/mol. The molecule has 2 aromatic carbocycles. The minimum absolute atomic E-state index is 0.0907. The minimum Gasteiger partial charge on any atom is -0.486 e. The van der Waals surface area contributed by atoms with Crippen molar-refractivity contribution in [3.8, 4) is 5.75 Å². The molecule has 0 radical (unpaired) electrons. The molecule has 6 heteroatoms. The molecule has 138 valence electrons. The van der Waals surface area contributed by atoms with Crippen LogP contribution in [0.4, 0.5) is 0 Å². The highest BCUT2D eigenvalue weighted by molar-refractivity contribution is 9.10. The summed E-state index contributed by atoms with van der Waals surface area (Å²) in [5.41, 5.74) is 2.22. The molecule has 2 aliphatic heterocycles. The zero-order valence-corrected chi connectivity index (χ0v) is 17.1.